The number of aromatic nitrogens is 1. The summed E-state index contributed by atoms with van der Waals surface area (Å²) in [7, 11) is 0. The molecule has 126 valence electrons. The Morgan fingerprint density at radius 3 is 2.43 bits per heavy atom. The van der Waals surface area contributed by atoms with Crippen LogP contribution in [0.1, 0.15) is 66.0 Å². The molecule has 4 nitrogen and oxygen atoms in total. The van der Waals surface area contributed by atoms with Crippen molar-refractivity contribution < 1.29 is 9.53 Å². The molecule has 0 unspecified atom stereocenters. The third-order valence-corrected chi connectivity index (χ3v) is 3.09. The van der Waals surface area contributed by atoms with Crippen LogP contribution in [0, 0.1) is 11.8 Å². The molecule has 0 aliphatic carbocycles. The molecular weight excluding hydrogens is 288 g/mol. The van der Waals surface area contributed by atoms with Gasteiger partial charge in [-0.2, -0.15) is 0 Å². The second-order valence-electron chi connectivity index (χ2n) is 7.59. The predicted octanol–water partition coefficient (Wildman–Crippen LogP) is 4.03. The SMILES string of the molecule is CC[C@H](C#Cc1cncc(C(C)(C)C)c1)NC(=O)OC(C)(C)C. The lowest BCUT2D eigenvalue weighted by molar-refractivity contribution is 0.0515. The molecule has 1 N–H and O–H groups in total. The van der Waals surface area contributed by atoms with Gasteiger partial charge in [0.2, 0.25) is 0 Å². The molecule has 1 amide bonds. The van der Waals surface area contributed by atoms with Gasteiger partial charge in [-0.05, 0) is 44.2 Å². The molecule has 1 aromatic heterocycles. The molecule has 4 heteroatoms. The molecule has 0 aliphatic rings. The van der Waals surface area contributed by atoms with Gasteiger partial charge < -0.3 is 10.1 Å². The number of rotatable bonds is 2. The van der Waals surface area contributed by atoms with Crippen LogP contribution >= 0.6 is 0 Å². The molecular formula is C19H28N2O2. The molecule has 0 saturated carbocycles. The van der Waals surface area contributed by atoms with Gasteiger partial charge in [0.1, 0.15) is 5.60 Å². The van der Waals surface area contributed by atoms with Crippen LogP contribution in [0.4, 0.5) is 4.79 Å². The Bertz CT molecular complexity index is 598. The fourth-order valence-corrected chi connectivity index (χ4v) is 1.78. The lowest BCUT2D eigenvalue weighted by Crippen LogP contribution is -2.38. The number of carbonyl (C=O) groups excluding carboxylic acids is 1. The normalized spacial score (nSPS) is 12.8. The van der Waals surface area contributed by atoms with Crippen molar-refractivity contribution in [3.63, 3.8) is 0 Å². The molecule has 0 saturated heterocycles. The maximum atomic E-state index is 11.8. The summed E-state index contributed by atoms with van der Waals surface area (Å²) in [4.78, 5) is 16.1. The largest absolute Gasteiger partial charge is 0.444 e. The van der Waals surface area contributed by atoms with Crippen LogP contribution in [0.3, 0.4) is 0 Å². The molecule has 0 aliphatic heterocycles. The summed E-state index contributed by atoms with van der Waals surface area (Å²) >= 11 is 0. The number of nitrogens with zero attached hydrogens (tertiary/aromatic N) is 1. The molecule has 1 rings (SSSR count). The maximum Gasteiger partial charge on any atom is 0.408 e. The zero-order valence-corrected chi connectivity index (χ0v) is 15.3. The van der Waals surface area contributed by atoms with E-state index in [0.717, 1.165) is 11.1 Å². The van der Waals surface area contributed by atoms with Crippen molar-refractivity contribution in [2.75, 3.05) is 0 Å². The summed E-state index contributed by atoms with van der Waals surface area (Å²) in [5.74, 6) is 6.17. The minimum absolute atomic E-state index is 0.0314. The number of alkyl carbamates (subject to hydrolysis) is 1. The zero-order chi connectivity index (χ0) is 17.7. The number of hydrogen-bond donors (Lipinski definition) is 1. The highest BCUT2D eigenvalue weighted by Crippen LogP contribution is 2.21. The Morgan fingerprint density at radius 1 is 1.26 bits per heavy atom. The fourth-order valence-electron chi connectivity index (χ4n) is 1.78. The molecule has 23 heavy (non-hydrogen) atoms. The first-order valence-electron chi connectivity index (χ1n) is 7.98. The summed E-state index contributed by atoms with van der Waals surface area (Å²) < 4.78 is 5.26. The average molecular weight is 316 g/mol. The number of ether oxygens (including phenoxy) is 1. The Kier molecular flexibility index (Phi) is 6.20. The molecule has 1 atom stereocenters. The second-order valence-corrected chi connectivity index (χ2v) is 7.59. The average Bonchev–Trinajstić information content (AvgIpc) is 2.40. The first-order chi connectivity index (χ1) is 10.5. The summed E-state index contributed by atoms with van der Waals surface area (Å²) in [6.45, 7) is 13.9. The molecule has 0 fully saturated rings. The van der Waals surface area contributed by atoms with Gasteiger partial charge in [-0.25, -0.2) is 4.79 Å². The molecule has 0 spiro atoms. The van der Waals surface area contributed by atoms with E-state index < -0.39 is 11.7 Å². The minimum atomic E-state index is -0.513. The van der Waals surface area contributed by atoms with Crippen LogP contribution in [-0.2, 0) is 10.2 Å². The van der Waals surface area contributed by atoms with Crippen LogP contribution in [0.15, 0.2) is 18.5 Å². The van der Waals surface area contributed by atoms with Crippen LogP contribution in [-0.4, -0.2) is 22.7 Å². The van der Waals surface area contributed by atoms with Crippen LogP contribution in [0.2, 0.25) is 0 Å². The van der Waals surface area contributed by atoms with Gasteiger partial charge in [0.25, 0.3) is 0 Å². The van der Waals surface area contributed by atoms with Crippen LogP contribution < -0.4 is 5.32 Å². The van der Waals surface area contributed by atoms with Gasteiger partial charge >= 0.3 is 6.09 Å². The van der Waals surface area contributed by atoms with E-state index in [1.54, 1.807) is 6.20 Å². The Morgan fingerprint density at radius 2 is 1.91 bits per heavy atom. The van der Waals surface area contributed by atoms with Crippen LogP contribution in [0.25, 0.3) is 0 Å². The fraction of sp³-hybridized carbons (Fsp3) is 0.579. The quantitative estimate of drug-likeness (QED) is 0.838. The van der Waals surface area contributed by atoms with Gasteiger partial charge in [-0.15, -0.1) is 0 Å². The monoisotopic (exact) mass is 316 g/mol. The first kappa shape index (κ1) is 19.0. The highest BCUT2D eigenvalue weighted by Gasteiger charge is 2.18. The molecule has 0 radical (unpaired) electrons. The number of pyridine rings is 1. The smallest absolute Gasteiger partial charge is 0.408 e. The third-order valence-electron chi connectivity index (χ3n) is 3.09. The lowest BCUT2D eigenvalue weighted by Gasteiger charge is -2.21. The summed E-state index contributed by atoms with van der Waals surface area (Å²) in [6.07, 6.45) is 3.86. The van der Waals surface area contributed by atoms with E-state index in [1.165, 1.54) is 0 Å². The topological polar surface area (TPSA) is 51.2 Å². The molecule has 1 heterocycles. The number of nitrogens with one attached hydrogen (secondary N) is 1. The Balaban J connectivity index is 2.81. The van der Waals surface area contributed by atoms with Crippen molar-refractivity contribution in [1.82, 2.24) is 10.3 Å². The van der Waals surface area contributed by atoms with Crippen LogP contribution in [0.5, 0.6) is 0 Å². The molecule has 0 aromatic carbocycles. The van der Waals surface area contributed by atoms with Gasteiger partial charge in [-0.3, -0.25) is 4.98 Å². The van der Waals surface area contributed by atoms with E-state index in [2.05, 4.69) is 42.9 Å². The van der Waals surface area contributed by atoms with Crippen molar-refractivity contribution in [2.45, 2.75) is 71.9 Å². The highest BCUT2D eigenvalue weighted by atomic mass is 16.6. The van der Waals surface area contributed by atoms with Crippen molar-refractivity contribution in [3.8, 4) is 11.8 Å². The number of carbonyl (C=O) groups is 1. The van der Waals surface area contributed by atoms with Gasteiger partial charge in [0.15, 0.2) is 0 Å². The molecule has 1 aromatic rings. The first-order valence-corrected chi connectivity index (χ1v) is 7.98. The number of amides is 1. The van der Waals surface area contributed by atoms with E-state index in [0.29, 0.717) is 6.42 Å². The summed E-state index contributed by atoms with van der Waals surface area (Å²) in [5, 5.41) is 2.78. The zero-order valence-electron chi connectivity index (χ0n) is 15.3. The maximum absolute atomic E-state index is 11.8. The molecule has 0 bridgehead atoms. The van der Waals surface area contributed by atoms with E-state index in [9.17, 15) is 4.79 Å². The standard InChI is InChI=1S/C19H28N2O2/c1-8-16(21-17(22)23-19(5,6)7)10-9-14-11-15(13-20-12-14)18(2,3)4/h11-13,16H,8H2,1-7H3,(H,21,22)/t16-/m1/s1. The van der Waals surface area contributed by atoms with Crippen molar-refractivity contribution in [2.24, 2.45) is 0 Å². The third kappa shape index (κ3) is 7.19. The Hall–Kier alpha value is -2.02. The van der Waals surface area contributed by atoms with Gasteiger partial charge in [-0.1, -0.05) is 39.5 Å². The van der Waals surface area contributed by atoms with E-state index in [1.807, 2.05) is 40.0 Å². The second kappa shape index (κ2) is 7.50. The highest BCUT2D eigenvalue weighted by molar-refractivity contribution is 5.68. The summed E-state index contributed by atoms with van der Waals surface area (Å²) in [6, 6.07) is 1.79. The van der Waals surface area contributed by atoms with Crippen molar-refractivity contribution in [1.29, 1.82) is 0 Å². The number of hydrogen-bond acceptors (Lipinski definition) is 3. The van der Waals surface area contributed by atoms with Crippen molar-refractivity contribution >= 4 is 6.09 Å². The van der Waals surface area contributed by atoms with E-state index >= 15 is 0 Å². The summed E-state index contributed by atoms with van der Waals surface area (Å²) in [5.41, 5.74) is 1.50. The lowest BCUT2D eigenvalue weighted by atomic mass is 9.88. The van der Waals surface area contributed by atoms with Gasteiger partial charge in [0.05, 0.1) is 6.04 Å². The predicted molar refractivity (Wildman–Crippen MR) is 93.3 cm³/mol. The van der Waals surface area contributed by atoms with E-state index in [-0.39, 0.29) is 11.5 Å². The van der Waals surface area contributed by atoms with E-state index in [4.69, 9.17) is 4.74 Å². The minimum Gasteiger partial charge on any atom is -0.444 e. The Labute approximate surface area is 140 Å². The van der Waals surface area contributed by atoms with Crippen molar-refractivity contribution in [3.05, 3.63) is 29.6 Å². The van der Waals surface area contributed by atoms with Gasteiger partial charge in [0, 0.05) is 18.0 Å².